The van der Waals surface area contributed by atoms with E-state index < -0.39 is 0 Å². The standard InChI is InChI=1S/C54H36N2S/c1-3-13-37(14-4-1)38-25-27-39(28-26-38)40-29-31-43(32-30-40)55(42-16-5-2-6-17-42)44-18-11-15-41(35-44)46-21-12-23-51-54(46)48-20-7-9-22-50(48)56(51)45-33-34-53-49(36-45)47-19-8-10-24-52(47)57-53/h1-36H. The summed E-state index contributed by atoms with van der Waals surface area (Å²) < 4.78 is 5.08. The summed E-state index contributed by atoms with van der Waals surface area (Å²) in [5, 5.41) is 5.12. The minimum atomic E-state index is 1.11. The molecule has 2 heterocycles. The van der Waals surface area contributed by atoms with Crippen LogP contribution in [-0.4, -0.2) is 4.57 Å². The molecule has 0 radical (unpaired) electrons. The molecular weight excluding hydrogens is 709 g/mol. The van der Waals surface area contributed by atoms with Gasteiger partial charge in [0, 0.05) is 53.7 Å². The molecule has 0 aliphatic heterocycles. The lowest BCUT2D eigenvalue weighted by molar-refractivity contribution is 1.19. The van der Waals surface area contributed by atoms with Crippen LogP contribution < -0.4 is 4.90 Å². The second kappa shape index (κ2) is 13.8. The number of benzene rings is 9. The highest BCUT2D eigenvalue weighted by Gasteiger charge is 2.19. The molecule has 0 bridgehead atoms. The number of anilines is 3. The van der Waals surface area contributed by atoms with Crippen molar-refractivity contribution in [2.45, 2.75) is 0 Å². The second-order valence-corrected chi connectivity index (χ2v) is 15.6. The summed E-state index contributed by atoms with van der Waals surface area (Å²) in [4.78, 5) is 2.36. The van der Waals surface area contributed by atoms with Crippen molar-refractivity contribution in [2.75, 3.05) is 4.90 Å². The fraction of sp³-hybridized carbons (Fsp3) is 0. The van der Waals surface area contributed by atoms with Crippen LogP contribution >= 0.6 is 11.3 Å². The van der Waals surface area contributed by atoms with Gasteiger partial charge in [-0.2, -0.15) is 0 Å². The maximum Gasteiger partial charge on any atom is 0.0547 e. The van der Waals surface area contributed by atoms with Gasteiger partial charge in [-0.1, -0.05) is 146 Å². The maximum absolute atomic E-state index is 2.44. The van der Waals surface area contributed by atoms with Crippen LogP contribution in [0.25, 0.3) is 81.0 Å². The van der Waals surface area contributed by atoms with Crippen molar-refractivity contribution in [3.63, 3.8) is 0 Å². The number of hydrogen-bond donors (Lipinski definition) is 0. The quantitative estimate of drug-likeness (QED) is 0.158. The van der Waals surface area contributed by atoms with E-state index in [1.807, 2.05) is 11.3 Å². The largest absolute Gasteiger partial charge is 0.310 e. The molecule has 9 aromatic carbocycles. The molecular formula is C54H36N2S. The normalized spacial score (nSPS) is 11.5. The van der Waals surface area contributed by atoms with Crippen molar-refractivity contribution in [3.8, 4) is 39.1 Å². The van der Waals surface area contributed by atoms with E-state index in [9.17, 15) is 0 Å². The van der Waals surface area contributed by atoms with E-state index in [4.69, 9.17) is 0 Å². The minimum Gasteiger partial charge on any atom is -0.310 e. The highest BCUT2D eigenvalue weighted by atomic mass is 32.1. The van der Waals surface area contributed by atoms with Crippen LogP contribution in [0.4, 0.5) is 17.1 Å². The van der Waals surface area contributed by atoms with Gasteiger partial charge in [-0.3, -0.25) is 0 Å². The average Bonchev–Trinajstić information content (AvgIpc) is 3.83. The zero-order valence-corrected chi connectivity index (χ0v) is 31.9. The molecule has 0 unspecified atom stereocenters. The summed E-state index contributed by atoms with van der Waals surface area (Å²) in [5.41, 5.74) is 14.1. The molecule has 0 spiro atoms. The van der Waals surface area contributed by atoms with E-state index in [2.05, 4.69) is 228 Å². The summed E-state index contributed by atoms with van der Waals surface area (Å²) in [7, 11) is 0. The van der Waals surface area contributed by atoms with E-state index in [1.165, 1.54) is 81.0 Å². The van der Waals surface area contributed by atoms with Crippen molar-refractivity contribution in [2.24, 2.45) is 0 Å². The van der Waals surface area contributed by atoms with Gasteiger partial charge >= 0.3 is 0 Å². The molecule has 0 fully saturated rings. The van der Waals surface area contributed by atoms with Crippen molar-refractivity contribution in [1.82, 2.24) is 4.57 Å². The summed E-state index contributed by atoms with van der Waals surface area (Å²) in [6, 6.07) is 79.3. The van der Waals surface area contributed by atoms with E-state index in [0.717, 1.165) is 17.1 Å². The number of nitrogens with zero attached hydrogens (tertiary/aromatic N) is 2. The molecule has 0 N–H and O–H groups in total. The summed E-state index contributed by atoms with van der Waals surface area (Å²) in [5.74, 6) is 0. The van der Waals surface area contributed by atoms with Crippen LogP contribution in [-0.2, 0) is 0 Å². The Bertz CT molecular complexity index is 3210. The number of hydrogen-bond acceptors (Lipinski definition) is 2. The molecule has 0 amide bonds. The molecule has 268 valence electrons. The molecule has 11 aromatic rings. The van der Waals surface area contributed by atoms with Crippen molar-refractivity contribution >= 4 is 70.4 Å². The van der Waals surface area contributed by atoms with Gasteiger partial charge in [0.1, 0.15) is 0 Å². The molecule has 0 aliphatic carbocycles. The first kappa shape index (κ1) is 33.2. The Morgan fingerprint density at radius 3 is 1.65 bits per heavy atom. The van der Waals surface area contributed by atoms with Crippen molar-refractivity contribution in [3.05, 3.63) is 218 Å². The summed E-state index contributed by atoms with van der Waals surface area (Å²) in [6.07, 6.45) is 0. The van der Waals surface area contributed by atoms with E-state index >= 15 is 0 Å². The van der Waals surface area contributed by atoms with Gasteiger partial charge in [0.25, 0.3) is 0 Å². The molecule has 0 saturated carbocycles. The number of thiophene rings is 1. The Hall–Kier alpha value is -7.20. The lowest BCUT2D eigenvalue weighted by Gasteiger charge is -2.26. The predicted octanol–water partition coefficient (Wildman–Crippen LogP) is 15.6. The van der Waals surface area contributed by atoms with Crippen LogP contribution in [0.15, 0.2) is 218 Å². The molecule has 3 heteroatoms. The molecule has 0 atom stereocenters. The first-order valence-corrected chi connectivity index (χ1v) is 20.2. The maximum atomic E-state index is 2.44. The molecule has 57 heavy (non-hydrogen) atoms. The predicted molar refractivity (Wildman–Crippen MR) is 245 cm³/mol. The number of rotatable bonds is 7. The summed E-state index contributed by atoms with van der Waals surface area (Å²) in [6.45, 7) is 0. The van der Waals surface area contributed by atoms with Crippen molar-refractivity contribution < 1.29 is 0 Å². The second-order valence-electron chi connectivity index (χ2n) is 14.5. The van der Waals surface area contributed by atoms with Crippen LogP contribution in [0.1, 0.15) is 0 Å². The lowest BCUT2D eigenvalue weighted by atomic mass is 9.98. The van der Waals surface area contributed by atoms with E-state index in [-0.39, 0.29) is 0 Å². The van der Waals surface area contributed by atoms with Gasteiger partial charge in [-0.25, -0.2) is 0 Å². The minimum absolute atomic E-state index is 1.11. The first-order valence-electron chi connectivity index (χ1n) is 19.4. The topological polar surface area (TPSA) is 8.17 Å². The Balaban J connectivity index is 1.01. The smallest absolute Gasteiger partial charge is 0.0547 e. The van der Waals surface area contributed by atoms with Crippen LogP contribution in [0.2, 0.25) is 0 Å². The van der Waals surface area contributed by atoms with Gasteiger partial charge in [0.05, 0.1) is 11.0 Å². The van der Waals surface area contributed by atoms with Gasteiger partial charge in [-0.15, -0.1) is 11.3 Å². The third-order valence-electron chi connectivity index (χ3n) is 11.2. The van der Waals surface area contributed by atoms with Crippen molar-refractivity contribution in [1.29, 1.82) is 0 Å². The first-order chi connectivity index (χ1) is 28.3. The number of para-hydroxylation sites is 2. The molecule has 0 saturated heterocycles. The van der Waals surface area contributed by atoms with E-state index in [0.29, 0.717) is 0 Å². The highest BCUT2D eigenvalue weighted by Crippen LogP contribution is 2.43. The highest BCUT2D eigenvalue weighted by molar-refractivity contribution is 7.25. The lowest BCUT2D eigenvalue weighted by Crippen LogP contribution is -2.09. The average molecular weight is 745 g/mol. The number of aromatic nitrogens is 1. The van der Waals surface area contributed by atoms with Gasteiger partial charge < -0.3 is 9.47 Å². The molecule has 2 nitrogen and oxygen atoms in total. The fourth-order valence-corrected chi connectivity index (χ4v) is 9.60. The van der Waals surface area contributed by atoms with Crippen LogP contribution in [0, 0.1) is 0 Å². The third kappa shape index (κ3) is 5.80. The zero-order chi connectivity index (χ0) is 37.7. The Morgan fingerprint density at radius 2 is 0.877 bits per heavy atom. The zero-order valence-electron chi connectivity index (χ0n) is 31.1. The van der Waals surface area contributed by atoms with Gasteiger partial charge in [-0.05, 0) is 106 Å². The summed E-state index contributed by atoms with van der Waals surface area (Å²) >= 11 is 1.86. The van der Waals surface area contributed by atoms with Crippen LogP contribution in [0.3, 0.4) is 0 Å². The van der Waals surface area contributed by atoms with E-state index in [1.54, 1.807) is 0 Å². The Morgan fingerprint density at radius 1 is 0.333 bits per heavy atom. The monoisotopic (exact) mass is 744 g/mol. The number of fused-ring (bicyclic) bond motifs is 6. The van der Waals surface area contributed by atoms with Crippen LogP contribution in [0.5, 0.6) is 0 Å². The molecule has 11 rings (SSSR count). The fourth-order valence-electron chi connectivity index (χ4n) is 8.52. The van der Waals surface area contributed by atoms with Gasteiger partial charge in [0.2, 0.25) is 0 Å². The Labute approximate surface area is 335 Å². The Kier molecular flexibility index (Phi) is 8.04. The van der Waals surface area contributed by atoms with Gasteiger partial charge in [0.15, 0.2) is 0 Å². The molecule has 0 aliphatic rings. The molecule has 2 aromatic heterocycles. The SMILES string of the molecule is c1ccc(-c2ccc(-c3ccc(N(c4ccccc4)c4cccc(-c5cccc6c5c5ccccc5n6-c5ccc6sc7ccccc7c6c5)c4)cc3)cc2)cc1. The third-order valence-corrected chi connectivity index (χ3v) is 12.3.